The van der Waals surface area contributed by atoms with E-state index in [4.69, 9.17) is 9.47 Å². The van der Waals surface area contributed by atoms with E-state index in [1.807, 2.05) is 6.07 Å². The van der Waals surface area contributed by atoms with E-state index in [9.17, 15) is 0 Å². The Morgan fingerprint density at radius 1 is 0.895 bits per heavy atom. The minimum Gasteiger partial charge on any atom is -0.497 e. The third kappa shape index (κ3) is 6.07. The van der Waals surface area contributed by atoms with Crippen molar-refractivity contribution >= 4 is 0 Å². The molecule has 0 bridgehead atoms. The number of methoxy groups -OCH3 is 1. The zero-order valence-corrected chi connectivity index (χ0v) is 23.4. The van der Waals surface area contributed by atoms with E-state index in [1.54, 1.807) is 13.2 Å². The lowest BCUT2D eigenvalue weighted by molar-refractivity contribution is 0.0954. The van der Waals surface area contributed by atoms with Crippen LogP contribution >= 0.6 is 0 Å². The Labute approximate surface area is 228 Å². The highest BCUT2D eigenvalue weighted by Gasteiger charge is 2.31. The highest BCUT2D eigenvalue weighted by atomic mass is 19.1. The van der Waals surface area contributed by atoms with Crippen LogP contribution in [-0.2, 0) is 13.2 Å². The van der Waals surface area contributed by atoms with Crippen LogP contribution in [0.2, 0.25) is 0 Å². The van der Waals surface area contributed by atoms with Crippen molar-refractivity contribution in [3.05, 3.63) is 83.2 Å². The monoisotopic (exact) mass is 515 g/mol. The first-order valence-corrected chi connectivity index (χ1v) is 14.4. The Hall–Kier alpha value is -2.85. The molecule has 0 N–H and O–H groups in total. The van der Waals surface area contributed by atoms with Gasteiger partial charge in [-0.15, -0.1) is 0 Å². The van der Waals surface area contributed by atoms with E-state index in [-0.39, 0.29) is 5.82 Å². The van der Waals surface area contributed by atoms with Gasteiger partial charge in [0.25, 0.3) is 0 Å². The SMILES string of the molecule is CC[C@H](c1cccc(OCc2ccc(-c3cc(OC)ccc3F)c(CN3[C@@H](C)CCC[C@@H]3C)c2)c1)C1CC1. The van der Waals surface area contributed by atoms with Gasteiger partial charge in [0.2, 0.25) is 0 Å². The Balaban J connectivity index is 1.42. The van der Waals surface area contributed by atoms with Gasteiger partial charge >= 0.3 is 0 Å². The molecule has 0 amide bonds. The summed E-state index contributed by atoms with van der Waals surface area (Å²) < 4.78 is 26.8. The van der Waals surface area contributed by atoms with Crippen LogP contribution in [0.25, 0.3) is 11.1 Å². The molecular weight excluding hydrogens is 473 g/mol. The molecule has 3 nitrogen and oxygen atoms in total. The van der Waals surface area contributed by atoms with Crippen molar-refractivity contribution in [3.63, 3.8) is 0 Å². The second kappa shape index (κ2) is 11.9. The first-order valence-electron chi connectivity index (χ1n) is 14.4. The van der Waals surface area contributed by atoms with E-state index in [1.165, 1.54) is 50.2 Å². The molecule has 3 aromatic rings. The molecule has 0 aromatic heterocycles. The fourth-order valence-electron chi connectivity index (χ4n) is 6.29. The number of rotatable bonds is 10. The smallest absolute Gasteiger partial charge is 0.131 e. The van der Waals surface area contributed by atoms with Gasteiger partial charge in [0.05, 0.1) is 7.11 Å². The molecule has 3 aromatic carbocycles. The van der Waals surface area contributed by atoms with E-state index in [0.717, 1.165) is 34.9 Å². The fourth-order valence-corrected chi connectivity index (χ4v) is 6.29. The van der Waals surface area contributed by atoms with Crippen LogP contribution in [-0.4, -0.2) is 24.1 Å². The molecule has 0 radical (unpaired) electrons. The Kier molecular flexibility index (Phi) is 8.38. The van der Waals surface area contributed by atoms with Gasteiger partial charge in [-0.1, -0.05) is 43.7 Å². The van der Waals surface area contributed by atoms with Gasteiger partial charge < -0.3 is 9.47 Å². The molecular formula is C34H42FNO2. The molecule has 2 fully saturated rings. The average molecular weight is 516 g/mol. The van der Waals surface area contributed by atoms with E-state index in [0.29, 0.717) is 35.9 Å². The van der Waals surface area contributed by atoms with Gasteiger partial charge in [0.15, 0.2) is 0 Å². The van der Waals surface area contributed by atoms with Gasteiger partial charge in [-0.3, -0.25) is 4.90 Å². The summed E-state index contributed by atoms with van der Waals surface area (Å²) >= 11 is 0. The fraction of sp³-hybridized carbons (Fsp3) is 0.471. The van der Waals surface area contributed by atoms with Gasteiger partial charge in [0.1, 0.15) is 23.9 Å². The number of nitrogens with zero attached hydrogens (tertiary/aromatic N) is 1. The van der Waals surface area contributed by atoms with E-state index >= 15 is 4.39 Å². The number of ether oxygens (including phenoxy) is 2. The lowest BCUT2D eigenvalue weighted by Gasteiger charge is -2.39. The summed E-state index contributed by atoms with van der Waals surface area (Å²) in [4.78, 5) is 2.57. The standard InChI is InChI=1S/C34H42FNO2/c1-5-31(26-13-14-26)27-10-7-11-30(19-27)38-22-25-12-16-32(33-20-29(37-4)15-17-34(33)35)28(18-25)21-36-23(2)8-6-9-24(36)3/h7,10-12,15-20,23-24,26,31H,5-6,8-9,13-14,21-22H2,1-4H3/t23-,24-,31-/m0/s1. The summed E-state index contributed by atoms with van der Waals surface area (Å²) in [5.74, 6) is 2.83. The molecule has 1 saturated heterocycles. The van der Waals surface area contributed by atoms with Gasteiger partial charge in [0, 0.05) is 24.2 Å². The van der Waals surface area contributed by atoms with Gasteiger partial charge in [-0.2, -0.15) is 0 Å². The van der Waals surface area contributed by atoms with Gasteiger partial charge in [-0.25, -0.2) is 4.39 Å². The van der Waals surface area contributed by atoms with Crippen molar-refractivity contribution in [1.82, 2.24) is 4.90 Å². The molecule has 4 heteroatoms. The Morgan fingerprint density at radius 2 is 1.68 bits per heavy atom. The molecule has 3 atom stereocenters. The number of hydrogen-bond donors (Lipinski definition) is 0. The summed E-state index contributed by atoms with van der Waals surface area (Å²) in [7, 11) is 1.62. The van der Waals surface area contributed by atoms with Crippen molar-refractivity contribution in [2.45, 2.75) is 90.4 Å². The molecule has 5 rings (SSSR count). The molecule has 1 saturated carbocycles. The number of piperidine rings is 1. The van der Waals surface area contributed by atoms with Crippen molar-refractivity contribution in [1.29, 1.82) is 0 Å². The van der Waals surface area contributed by atoms with Crippen molar-refractivity contribution in [2.24, 2.45) is 5.92 Å². The largest absolute Gasteiger partial charge is 0.497 e. The molecule has 0 spiro atoms. The second-order valence-corrected chi connectivity index (χ2v) is 11.4. The van der Waals surface area contributed by atoms with Crippen LogP contribution in [0.3, 0.4) is 0 Å². The quantitative estimate of drug-likeness (QED) is 0.269. The van der Waals surface area contributed by atoms with Gasteiger partial charge in [-0.05, 0) is 110 Å². The summed E-state index contributed by atoms with van der Waals surface area (Å²) in [5, 5.41) is 0. The predicted octanol–water partition coefficient (Wildman–Crippen LogP) is 8.75. The maximum atomic E-state index is 15.1. The van der Waals surface area contributed by atoms with Crippen molar-refractivity contribution in [3.8, 4) is 22.6 Å². The first kappa shape index (κ1) is 26.7. The minimum absolute atomic E-state index is 0.228. The predicted molar refractivity (Wildman–Crippen MR) is 153 cm³/mol. The second-order valence-electron chi connectivity index (χ2n) is 11.4. The van der Waals surface area contributed by atoms with Crippen molar-refractivity contribution < 1.29 is 13.9 Å². The number of hydrogen-bond acceptors (Lipinski definition) is 3. The minimum atomic E-state index is -0.228. The average Bonchev–Trinajstić information content (AvgIpc) is 3.76. The first-order chi connectivity index (χ1) is 18.5. The normalized spacial score (nSPS) is 20.8. The topological polar surface area (TPSA) is 21.7 Å². The molecule has 1 aliphatic carbocycles. The van der Waals surface area contributed by atoms with Crippen molar-refractivity contribution in [2.75, 3.05) is 7.11 Å². The third-order valence-electron chi connectivity index (χ3n) is 8.68. The zero-order valence-electron chi connectivity index (χ0n) is 23.4. The Bertz CT molecular complexity index is 1230. The van der Waals surface area contributed by atoms with Crippen LogP contribution in [0.4, 0.5) is 4.39 Å². The lowest BCUT2D eigenvalue weighted by atomic mass is 9.92. The summed E-state index contributed by atoms with van der Waals surface area (Å²) in [6, 6.07) is 21.0. The van der Waals surface area contributed by atoms with Crippen LogP contribution < -0.4 is 9.47 Å². The maximum Gasteiger partial charge on any atom is 0.131 e. The van der Waals surface area contributed by atoms with Crippen LogP contribution in [0.15, 0.2) is 60.7 Å². The number of benzene rings is 3. The third-order valence-corrected chi connectivity index (χ3v) is 8.68. The molecule has 1 heterocycles. The highest BCUT2D eigenvalue weighted by Crippen LogP contribution is 2.45. The molecule has 38 heavy (non-hydrogen) atoms. The zero-order chi connectivity index (χ0) is 26.6. The summed E-state index contributed by atoms with van der Waals surface area (Å²) in [6.07, 6.45) is 7.54. The van der Waals surface area contributed by atoms with E-state index in [2.05, 4.69) is 68.1 Å². The summed E-state index contributed by atoms with van der Waals surface area (Å²) in [6.45, 7) is 8.19. The molecule has 2 aliphatic rings. The van der Waals surface area contributed by atoms with Crippen LogP contribution in [0, 0.1) is 11.7 Å². The highest BCUT2D eigenvalue weighted by molar-refractivity contribution is 5.70. The van der Waals surface area contributed by atoms with Crippen LogP contribution in [0.1, 0.15) is 81.9 Å². The number of halogens is 1. The van der Waals surface area contributed by atoms with Crippen LogP contribution in [0.5, 0.6) is 11.5 Å². The lowest BCUT2D eigenvalue weighted by Crippen LogP contribution is -2.43. The molecule has 1 aliphatic heterocycles. The molecule has 202 valence electrons. The summed E-state index contributed by atoms with van der Waals surface area (Å²) in [5.41, 5.74) is 5.14. The molecule has 0 unspecified atom stereocenters. The number of likely N-dealkylation sites (tertiary alicyclic amines) is 1. The Morgan fingerprint density at radius 3 is 2.39 bits per heavy atom. The van der Waals surface area contributed by atoms with E-state index < -0.39 is 0 Å². The maximum absolute atomic E-state index is 15.1.